The van der Waals surface area contributed by atoms with Gasteiger partial charge in [0.05, 0.1) is 16.7 Å². The Morgan fingerprint density at radius 3 is 2.07 bits per heavy atom. The summed E-state index contributed by atoms with van der Waals surface area (Å²) in [4.78, 5) is 2.34. The van der Waals surface area contributed by atoms with Gasteiger partial charge in [0, 0.05) is 6.54 Å². The number of rotatable bonds is 3. The fourth-order valence-corrected chi connectivity index (χ4v) is 3.11. The first-order chi connectivity index (χ1) is 6.71. The van der Waals surface area contributed by atoms with Crippen molar-refractivity contribution in [3.8, 4) is 0 Å². The average Bonchev–Trinajstić information content (AvgIpc) is 2.29. The topological polar surface area (TPSA) is 38.5 Å². The molecule has 1 rings (SSSR count). The Labute approximate surface area is 94.0 Å². The van der Waals surface area contributed by atoms with Crippen molar-refractivity contribution in [3.05, 3.63) is 0 Å². The number of nitrogens with two attached hydrogens (primary N) is 1. The Morgan fingerprint density at radius 2 is 1.80 bits per heavy atom. The van der Waals surface area contributed by atoms with Crippen LogP contribution in [-0.4, -0.2) is 41.8 Å². The van der Waals surface area contributed by atoms with Gasteiger partial charge in [-0.2, -0.15) is 0 Å². The molecule has 1 saturated heterocycles. The Morgan fingerprint density at radius 1 is 1.27 bits per heavy atom. The van der Waals surface area contributed by atoms with E-state index in [1.165, 1.54) is 0 Å². The lowest BCUT2D eigenvalue weighted by atomic mass is 9.77. The van der Waals surface area contributed by atoms with Gasteiger partial charge in [-0.25, -0.2) is 0 Å². The SMILES string of the molecule is CCN(C)C1(CN)CC(C)(C)OC1(C)C. The van der Waals surface area contributed by atoms with E-state index in [0.29, 0.717) is 6.54 Å². The van der Waals surface area contributed by atoms with E-state index in [1.807, 2.05) is 0 Å². The molecule has 3 heteroatoms. The molecule has 1 atom stereocenters. The summed E-state index contributed by atoms with van der Waals surface area (Å²) < 4.78 is 6.14. The maximum atomic E-state index is 6.14. The van der Waals surface area contributed by atoms with Crippen molar-refractivity contribution >= 4 is 0 Å². The lowest BCUT2D eigenvalue weighted by molar-refractivity contribution is -0.0993. The summed E-state index contributed by atoms with van der Waals surface area (Å²) in [7, 11) is 2.14. The summed E-state index contributed by atoms with van der Waals surface area (Å²) in [6.07, 6.45) is 0.994. The molecule has 90 valence electrons. The van der Waals surface area contributed by atoms with E-state index in [4.69, 9.17) is 10.5 Å². The fraction of sp³-hybridized carbons (Fsp3) is 1.00. The molecule has 0 aromatic carbocycles. The van der Waals surface area contributed by atoms with Gasteiger partial charge < -0.3 is 10.5 Å². The van der Waals surface area contributed by atoms with Crippen LogP contribution in [0, 0.1) is 0 Å². The van der Waals surface area contributed by atoms with Gasteiger partial charge in [-0.05, 0) is 47.7 Å². The molecule has 1 aliphatic heterocycles. The maximum absolute atomic E-state index is 6.14. The standard InChI is InChI=1S/C12H26N2O/c1-7-14(6)12(9-13)8-10(2,3)15-11(12,4)5/h7-9,13H2,1-6H3. The number of hydrogen-bond donors (Lipinski definition) is 1. The third-order valence-corrected chi connectivity index (χ3v) is 3.91. The highest BCUT2D eigenvalue weighted by molar-refractivity contribution is 5.12. The summed E-state index contributed by atoms with van der Waals surface area (Å²) in [5.41, 5.74) is 5.72. The van der Waals surface area contributed by atoms with Crippen molar-refractivity contribution in [3.63, 3.8) is 0 Å². The third-order valence-electron chi connectivity index (χ3n) is 3.91. The molecular formula is C12H26N2O. The second-order valence-corrected chi connectivity index (χ2v) is 5.80. The van der Waals surface area contributed by atoms with E-state index >= 15 is 0 Å². The normalized spacial score (nSPS) is 33.6. The Hall–Kier alpha value is -0.120. The minimum atomic E-state index is -0.185. The van der Waals surface area contributed by atoms with Crippen LogP contribution >= 0.6 is 0 Å². The van der Waals surface area contributed by atoms with Crippen molar-refractivity contribution in [2.45, 2.75) is 57.8 Å². The lowest BCUT2D eigenvalue weighted by Crippen LogP contribution is -2.62. The van der Waals surface area contributed by atoms with Gasteiger partial charge >= 0.3 is 0 Å². The van der Waals surface area contributed by atoms with Gasteiger partial charge in [-0.15, -0.1) is 0 Å². The summed E-state index contributed by atoms with van der Waals surface area (Å²) in [6.45, 7) is 12.4. The Kier molecular flexibility index (Phi) is 3.21. The highest BCUT2D eigenvalue weighted by atomic mass is 16.5. The molecule has 1 unspecified atom stereocenters. The van der Waals surface area contributed by atoms with Crippen LogP contribution in [0.5, 0.6) is 0 Å². The van der Waals surface area contributed by atoms with Crippen LogP contribution in [0.25, 0.3) is 0 Å². The van der Waals surface area contributed by atoms with Crippen LogP contribution in [0.3, 0.4) is 0 Å². The van der Waals surface area contributed by atoms with E-state index in [1.54, 1.807) is 0 Å². The zero-order chi connectivity index (χ0) is 11.9. The van der Waals surface area contributed by atoms with E-state index in [9.17, 15) is 0 Å². The summed E-state index contributed by atoms with van der Waals surface area (Å²) in [5, 5.41) is 0. The molecule has 2 N–H and O–H groups in total. The van der Waals surface area contributed by atoms with Crippen molar-refractivity contribution in [2.24, 2.45) is 5.73 Å². The molecule has 15 heavy (non-hydrogen) atoms. The molecule has 0 saturated carbocycles. The molecule has 0 aromatic heterocycles. The van der Waals surface area contributed by atoms with Crippen LogP contribution in [0.1, 0.15) is 41.0 Å². The minimum absolute atomic E-state index is 0.0365. The largest absolute Gasteiger partial charge is 0.368 e. The van der Waals surface area contributed by atoms with E-state index < -0.39 is 0 Å². The Bertz CT molecular complexity index is 238. The second kappa shape index (κ2) is 3.72. The molecule has 0 aromatic rings. The van der Waals surface area contributed by atoms with Gasteiger partial charge in [0.2, 0.25) is 0 Å². The summed E-state index contributed by atoms with van der Waals surface area (Å²) in [6, 6.07) is 0. The van der Waals surface area contributed by atoms with Gasteiger partial charge in [0.1, 0.15) is 0 Å². The van der Waals surface area contributed by atoms with Crippen LogP contribution in [-0.2, 0) is 4.74 Å². The second-order valence-electron chi connectivity index (χ2n) is 5.80. The van der Waals surface area contributed by atoms with Crippen LogP contribution < -0.4 is 5.73 Å². The van der Waals surface area contributed by atoms with Crippen LogP contribution in [0.2, 0.25) is 0 Å². The predicted molar refractivity (Wildman–Crippen MR) is 63.9 cm³/mol. The Balaban J connectivity index is 3.08. The quantitative estimate of drug-likeness (QED) is 0.776. The smallest absolute Gasteiger partial charge is 0.0829 e. The zero-order valence-electron chi connectivity index (χ0n) is 11.1. The average molecular weight is 214 g/mol. The van der Waals surface area contributed by atoms with Crippen molar-refractivity contribution in [1.82, 2.24) is 4.90 Å². The fourth-order valence-electron chi connectivity index (χ4n) is 3.11. The monoisotopic (exact) mass is 214 g/mol. The van der Waals surface area contributed by atoms with E-state index in [2.05, 4.69) is 46.6 Å². The highest BCUT2D eigenvalue weighted by Gasteiger charge is 2.58. The molecule has 3 nitrogen and oxygen atoms in total. The molecule has 0 amide bonds. The van der Waals surface area contributed by atoms with Crippen LogP contribution in [0.15, 0.2) is 0 Å². The van der Waals surface area contributed by atoms with Gasteiger partial charge in [-0.3, -0.25) is 4.90 Å². The number of ether oxygens (including phenoxy) is 1. The van der Waals surface area contributed by atoms with Crippen LogP contribution in [0.4, 0.5) is 0 Å². The molecule has 1 aliphatic rings. The van der Waals surface area contributed by atoms with Gasteiger partial charge in [-0.1, -0.05) is 6.92 Å². The molecule has 1 heterocycles. The third kappa shape index (κ3) is 1.93. The molecule has 0 radical (unpaired) electrons. The summed E-state index contributed by atoms with van der Waals surface area (Å²) >= 11 is 0. The molecule has 0 spiro atoms. The molecule has 0 aliphatic carbocycles. The summed E-state index contributed by atoms with van der Waals surface area (Å²) in [5.74, 6) is 0. The first kappa shape index (κ1) is 12.9. The molecular weight excluding hydrogens is 188 g/mol. The first-order valence-electron chi connectivity index (χ1n) is 5.82. The van der Waals surface area contributed by atoms with E-state index in [0.717, 1.165) is 13.0 Å². The van der Waals surface area contributed by atoms with Crippen molar-refractivity contribution in [2.75, 3.05) is 20.1 Å². The lowest BCUT2D eigenvalue weighted by Gasteiger charge is -2.45. The molecule has 1 fully saturated rings. The first-order valence-corrected chi connectivity index (χ1v) is 5.82. The minimum Gasteiger partial charge on any atom is -0.368 e. The number of likely N-dealkylation sites (N-methyl/N-ethyl adjacent to an activating group) is 1. The maximum Gasteiger partial charge on any atom is 0.0829 e. The number of nitrogens with zero attached hydrogens (tertiary/aromatic N) is 1. The van der Waals surface area contributed by atoms with Crippen molar-refractivity contribution < 1.29 is 4.74 Å². The van der Waals surface area contributed by atoms with Crippen molar-refractivity contribution in [1.29, 1.82) is 0 Å². The number of hydrogen-bond acceptors (Lipinski definition) is 3. The highest BCUT2D eigenvalue weighted by Crippen LogP contribution is 2.47. The predicted octanol–water partition coefficient (Wildman–Crippen LogP) is 1.61. The van der Waals surface area contributed by atoms with E-state index in [-0.39, 0.29) is 16.7 Å². The zero-order valence-corrected chi connectivity index (χ0v) is 11.1. The molecule has 0 bridgehead atoms. The van der Waals surface area contributed by atoms with Gasteiger partial charge in [0.25, 0.3) is 0 Å². The van der Waals surface area contributed by atoms with Gasteiger partial charge in [0.15, 0.2) is 0 Å².